The van der Waals surface area contributed by atoms with Crippen molar-refractivity contribution in [2.24, 2.45) is 0 Å². The van der Waals surface area contributed by atoms with E-state index in [4.69, 9.17) is 0 Å². The number of fused-ring (bicyclic) bond motifs is 1. The molecule has 0 spiro atoms. The van der Waals surface area contributed by atoms with E-state index in [2.05, 4.69) is 68.7 Å². The lowest BCUT2D eigenvalue weighted by Gasteiger charge is -2.08. The minimum Gasteiger partial charge on any atom is -0.309 e. The second-order valence-electron chi connectivity index (χ2n) is 4.75. The molecule has 100 valence electrons. The molecule has 0 aliphatic heterocycles. The van der Waals surface area contributed by atoms with Crippen molar-refractivity contribution in [3.63, 3.8) is 0 Å². The van der Waals surface area contributed by atoms with Crippen LogP contribution in [0.4, 0.5) is 0 Å². The van der Waals surface area contributed by atoms with Crippen molar-refractivity contribution in [3.05, 3.63) is 76.5 Å². The normalized spacial score (nSPS) is 10.8. The first-order chi connectivity index (χ1) is 9.83. The van der Waals surface area contributed by atoms with Crippen LogP contribution in [0, 0.1) is 0 Å². The molecule has 0 aliphatic carbocycles. The number of hydrogen-bond acceptors (Lipinski definition) is 2. The van der Waals surface area contributed by atoms with Gasteiger partial charge in [-0.2, -0.15) is 0 Å². The number of nitrogens with one attached hydrogen (secondary N) is 1. The van der Waals surface area contributed by atoms with Gasteiger partial charge in [-0.1, -0.05) is 52.3 Å². The Morgan fingerprint density at radius 3 is 2.55 bits per heavy atom. The van der Waals surface area contributed by atoms with Crippen LogP contribution >= 0.6 is 15.9 Å². The molecule has 0 amide bonds. The van der Waals surface area contributed by atoms with Crippen LogP contribution in [-0.4, -0.2) is 4.98 Å². The number of aromatic nitrogens is 1. The van der Waals surface area contributed by atoms with Gasteiger partial charge in [-0.25, -0.2) is 0 Å². The largest absolute Gasteiger partial charge is 0.309 e. The molecule has 0 bridgehead atoms. The fourth-order valence-corrected chi connectivity index (χ4v) is 2.53. The van der Waals surface area contributed by atoms with Crippen molar-refractivity contribution in [3.8, 4) is 0 Å². The molecule has 3 aromatic rings. The van der Waals surface area contributed by atoms with Crippen molar-refractivity contribution in [2.45, 2.75) is 13.1 Å². The molecule has 20 heavy (non-hydrogen) atoms. The Labute approximate surface area is 127 Å². The van der Waals surface area contributed by atoms with Crippen LogP contribution in [-0.2, 0) is 13.1 Å². The standard InChI is InChI=1S/C17H15BrN2/c18-16-7-5-13(6-8-16)9-19-11-15-12-20-10-14-3-1-2-4-17(14)15/h1-8,10,12,19H,9,11H2. The Bertz CT molecular complexity index is 702. The summed E-state index contributed by atoms with van der Waals surface area (Å²) in [5.74, 6) is 0. The Morgan fingerprint density at radius 2 is 1.70 bits per heavy atom. The summed E-state index contributed by atoms with van der Waals surface area (Å²) in [4.78, 5) is 4.30. The van der Waals surface area contributed by atoms with Gasteiger partial charge < -0.3 is 5.32 Å². The van der Waals surface area contributed by atoms with Crippen molar-refractivity contribution in [1.29, 1.82) is 0 Å². The number of rotatable bonds is 4. The van der Waals surface area contributed by atoms with E-state index >= 15 is 0 Å². The molecule has 1 aromatic heterocycles. The van der Waals surface area contributed by atoms with Gasteiger partial charge in [-0.3, -0.25) is 4.98 Å². The van der Waals surface area contributed by atoms with Crippen molar-refractivity contribution >= 4 is 26.7 Å². The average molecular weight is 327 g/mol. The SMILES string of the molecule is Brc1ccc(CNCc2cncc3ccccc23)cc1. The third kappa shape index (κ3) is 3.06. The number of pyridine rings is 1. The van der Waals surface area contributed by atoms with Crippen LogP contribution in [0.5, 0.6) is 0 Å². The van der Waals surface area contributed by atoms with Crippen molar-refractivity contribution in [2.75, 3.05) is 0 Å². The summed E-state index contributed by atoms with van der Waals surface area (Å²) in [6.45, 7) is 1.68. The molecule has 3 rings (SSSR count). The number of halogens is 1. The maximum atomic E-state index is 4.30. The highest BCUT2D eigenvalue weighted by Crippen LogP contribution is 2.17. The Morgan fingerprint density at radius 1 is 0.900 bits per heavy atom. The first-order valence-electron chi connectivity index (χ1n) is 6.60. The Balaban J connectivity index is 1.69. The lowest BCUT2D eigenvalue weighted by atomic mass is 10.1. The zero-order valence-electron chi connectivity index (χ0n) is 11.0. The molecule has 3 heteroatoms. The summed E-state index contributed by atoms with van der Waals surface area (Å²) < 4.78 is 1.11. The van der Waals surface area contributed by atoms with Gasteiger partial charge in [0.05, 0.1) is 0 Å². The molecule has 0 aliphatic rings. The van der Waals surface area contributed by atoms with Crippen LogP contribution < -0.4 is 5.32 Å². The third-order valence-corrected chi connectivity index (χ3v) is 3.84. The Hall–Kier alpha value is -1.71. The molecular formula is C17H15BrN2. The monoisotopic (exact) mass is 326 g/mol. The summed E-state index contributed by atoms with van der Waals surface area (Å²) in [7, 11) is 0. The molecule has 0 radical (unpaired) electrons. The fraction of sp³-hybridized carbons (Fsp3) is 0.118. The summed E-state index contributed by atoms with van der Waals surface area (Å²) in [5.41, 5.74) is 2.52. The topological polar surface area (TPSA) is 24.9 Å². The molecular weight excluding hydrogens is 312 g/mol. The van der Waals surface area contributed by atoms with Gasteiger partial charge in [-0.05, 0) is 28.6 Å². The summed E-state index contributed by atoms with van der Waals surface area (Å²) >= 11 is 3.45. The van der Waals surface area contributed by atoms with Crippen LogP contribution in [0.15, 0.2) is 65.4 Å². The van der Waals surface area contributed by atoms with Crippen molar-refractivity contribution in [1.82, 2.24) is 10.3 Å². The predicted octanol–water partition coefficient (Wildman–Crippen LogP) is 4.29. The summed E-state index contributed by atoms with van der Waals surface area (Å²) in [6.07, 6.45) is 3.85. The van der Waals surface area contributed by atoms with E-state index in [1.54, 1.807) is 0 Å². The smallest absolute Gasteiger partial charge is 0.0346 e. The molecule has 2 aromatic carbocycles. The van der Waals surface area contributed by atoms with Gasteiger partial charge in [0, 0.05) is 35.3 Å². The van der Waals surface area contributed by atoms with Crippen LogP contribution in [0.25, 0.3) is 10.8 Å². The molecule has 0 fully saturated rings. The predicted molar refractivity (Wildman–Crippen MR) is 86.4 cm³/mol. The summed E-state index contributed by atoms with van der Waals surface area (Å²) in [6, 6.07) is 16.7. The zero-order chi connectivity index (χ0) is 13.8. The highest BCUT2D eigenvalue weighted by atomic mass is 79.9. The number of hydrogen-bond donors (Lipinski definition) is 1. The van der Waals surface area contributed by atoms with Gasteiger partial charge in [0.1, 0.15) is 0 Å². The van der Waals surface area contributed by atoms with Crippen molar-refractivity contribution < 1.29 is 0 Å². The first kappa shape index (κ1) is 13.3. The lowest BCUT2D eigenvalue weighted by Crippen LogP contribution is -2.13. The van der Waals surface area contributed by atoms with Gasteiger partial charge in [-0.15, -0.1) is 0 Å². The molecule has 1 N–H and O–H groups in total. The van der Waals surface area contributed by atoms with Gasteiger partial charge >= 0.3 is 0 Å². The molecule has 0 saturated heterocycles. The van der Waals surface area contributed by atoms with Crippen LogP contribution in [0.1, 0.15) is 11.1 Å². The van der Waals surface area contributed by atoms with E-state index in [9.17, 15) is 0 Å². The minimum absolute atomic E-state index is 0.824. The van der Waals surface area contributed by atoms with Gasteiger partial charge in [0.15, 0.2) is 0 Å². The molecule has 0 atom stereocenters. The quantitative estimate of drug-likeness (QED) is 0.773. The second kappa shape index (κ2) is 6.16. The fourth-order valence-electron chi connectivity index (χ4n) is 2.26. The zero-order valence-corrected chi connectivity index (χ0v) is 12.6. The molecule has 0 saturated carbocycles. The van der Waals surface area contributed by atoms with Gasteiger partial charge in [0.25, 0.3) is 0 Å². The van der Waals surface area contributed by atoms with Gasteiger partial charge in [0.2, 0.25) is 0 Å². The Kier molecular flexibility index (Phi) is 4.09. The lowest BCUT2D eigenvalue weighted by molar-refractivity contribution is 0.695. The first-order valence-corrected chi connectivity index (χ1v) is 7.39. The van der Waals surface area contributed by atoms with Crippen LogP contribution in [0.3, 0.4) is 0 Å². The van der Waals surface area contributed by atoms with E-state index < -0.39 is 0 Å². The minimum atomic E-state index is 0.824. The van der Waals surface area contributed by atoms with Crippen LogP contribution in [0.2, 0.25) is 0 Å². The van der Waals surface area contributed by atoms with E-state index in [1.807, 2.05) is 18.5 Å². The molecule has 2 nitrogen and oxygen atoms in total. The highest BCUT2D eigenvalue weighted by Gasteiger charge is 2.00. The van der Waals surface area contributed by atoms with E-state index in [0.29, 0.717) is 0 Å². The average Bonchev–Trinajstić information content (AvgIpc) is 2.49. The highest BCUT2D eigenvalue weighted by molar-refractivity contribution is 9.10. The number of benzene rings is 2. The summed E-state index contributed by atoms with van der Waals surface area (Å²) in [5, 5.41) is 5.93. The molecule has 1 heterocycles. The second-order valence-corrected chi connectivity index (χ2v) is 5.67. The van der Waals surface area contributed by atoms with E-state index in [0.717, 1.165) is 17.6 Å². The maximum Gasteiger partial charge on any atom is 0.0346 e. The van der Waals surface area contributed by atoms with E-state index in [-0.39, 0.29) is 0 Å². The third-order valence-electron chi connectivity index (χ3n) is 3.31. The van der Waals surface area contributed by atoms with E-state index in [1.165, 1.54) is 21.9 Å². The molecule has 0 unspecified atom stereocenters. The maximum absolute atomic E-state index is 4.30. The number of nitrogens with zero attached hydrogens (tertiary/aromatic N) is 1.